The first kappa shape index (κ1) is 16.0. The quantitative estimate of drug-likeness (QED) is 0.535. The van der Waals surface area contributed by atoms with Gasteiger partial charge in [-0.15, -0.1) is 0 Å². The van der Waals surface area contributed by atoms with Crippen LogP contribution in [-0.2, 0) is 0 Å². The Morgan fingerprint density at radius 2 is 1.88 bits per heavy atom. The van der Waals surface area contributed by atoms with E-state index >= 15 is 0 Å². The molecule has 0 aliphatic rings. The molecule has 0 saturated carbocycles. The molecule has 0 spiro atoms. The smallest absolute Gasteiger partial charge is 0.142 e. The molecule has 0 aliphatic carbocycles. The van der Waals surface area contributed by atoms with Gasteiger partial charge in [0, 0.05) is 46.0 Å². The predicted octanol–water partition coefficient (Wildman–Crippen LogP) is 5.38. The van der Waals surface area contributed by atoms with Crippen LogP contribution >= 0.6 is 11.6 Å². The number of benzene rings is 2. The Hall–Kier alpha value is -2.46. The Kier molecular flexibility index (Phi) is 3.92. The number of hydrogen-bond acceptors (Lipinski definition) is 3. The Labute approximate surface area is 151 Å². The zero-order chi connectivity index (χ0) is 17.6. The van der Waals surface area contributed by atoms with E-state index in [-0.39, 0.29) is 0 Å². The van der Waals surface area contributed by atoms with Crippen LogP contribution in [0.2, 0.25) is 5.02 Å². The van der Waals surface area contributed by atoms with Crippen molar-refractivity contribution < 1.29 is 4.74 Å². The number of nitrogens with one attached hydrogen (secondary N) is 1. The lowest BCUT2D eigenvalue weighted by Gasteiger charge is -2.23. The Morgan fingerprint density at radius 1 is 1.08 bits per heavy atom. The third-order valence-corrected chi connectivity index (χ3v) is 5.04. The standard InChI is InChI=1S/C20H20ClN3O/c1-4-24(5-2)18-10-17-14(9-19(18)25-3)15-11-22-16-8-12(21)6-7-13(16)20(15)23-17/h6-11,23H,4-5H2,1-3H3. The molecule has 0 atom stereocenters. The summed E-state index contributed by atoms with van der Waals surface area (Å²) in [5.41, 5.74) is 4.16. The topological polar surface area (TPSA) is 41.2 Å². The zero-order valence-electron chi connectivity index (χ0n) is 14.6. The zero-order valence-corrected chi connectivity index (χ0v) is 15.3. The van der Waals surface area contributed by atoms with E-state index in [1.807, 2.05) is 24.4 Å². The van der Waals surface area contributed by atoms with Gasteiger partial charge in [-0.25, -0.2) is 0 Å². The van der Waals surface area contributed by atoms with Crippen molar-refractivity contribution in [3.8, 4) is 5.75 Å². The minimum absolute atomic E-state index is 0.695. The number of aromatic amines is 1. The average molecular weight is 354 g/mol. The summed E-state index contributed by atoms with van der Waals surface area (Å²) in [4.78, 5) is 10.4. The second-order valence-electron chi connectivity index (χ2n) is 6.08. The number of H-pyrrole nitrogens is 1. The first-order chi connectivity index (χ1) is 12.2. The van der Waals surface area contributed by atoms with Gasteiger partial charge in [0.1, 0.15) is 5.75 Å². The monoisotopic (exact) mass is 353 g/mol. The number of aromatic nitrogens is 2. The number of halogens is 1. The highest BCUT2D eigenvalue weighted by atomic mass is 35.5. The molecule has 4 nitrogen and oxygen atoms in total. The van der Waals surface area contributed by atoms with Gasteiger partial charge in [-0.05, 0) is 44.2 Å². The maximum absolute atomic E-state index is 6.10. The van der Waals surface area contributed by atoms with E-state index in [0.29, 0.717) is 5.02 Å². The molecule has 2 aromatic heterocycles. The van der Waals surface area contributed by atoms with Crippen molar-refractivity contribution in [2.24, 2.45) is 0 Å². The normalized spacial score (nSPS) is 11.5. The molecular formula is C20H20ClN3O. The third-order valence-electron chi connectivity index (χ3n) is 4.80. The number of ether oxygens (including phenoxy) is 1. The minimum Gasteiger partial charge on any atom is -0.495 e. The second kappa shape index (κ2) is 6.12. The fourth-order valence-electron chi connectivity index (χ4n) is 3.51. The predicted molar refractivity (Wildman–Crippen MR) is 106 cm³/mol. The van der Waals surface area contributed by atoms with Gasteiger partial charge in [0.05, 0.1) is 23.8 Å². The third kappa shape index (κ3) is 2.48. The molecule has 0 aliphatic heterocycles. The molecular weight excluding hydrogens is 334 g/mol. The van der Waals surface area contributed by atoms with Crippen LogP contribution in [0.25, 0.3) is 32.7 Å². The fraction of sp³-hybridized carbons (Fsp3) is 0.250. The maximum atomic E-state index is 6.10. The molecule has 0 radical (unpaired) electrons. The van der Waals surface area contributed by atoms with Crippen LogP contribution in [0.15, 0.2) is 36.5 Å². The van der Waals surface area contributed by atoms with Gasteiger partial charge in [0.2, 0.25) is 0 Å². The van der Waals surface area contributed by atoms with Crippen LogP contribution in [0, 0.1) is 0 Å². The van der Waals surface area contributed by atoms with E-state index in [4.69, 9.17) is 16.3 Å². The Bertz CT molecular complexity index is 1080. The molecule has 0 amide bonds. The molecule has 2 heterocycles. The van der Waals surface area contributed by atoms with E-state index in [0.717, 1.165) is 57.2 Å². The summed E-state index contributed by atoms with van der Waals surface area (Å²) in [6.45, 7) is 6.17. The lowest BCUT2D eigenvalue weighted by atomic mass is 10.1. The SMILES string of the molecule is CCN(CC)c1cc2[nH]c3c4ccc(Cl)cc4ncc3c2cc1OC. The van der Waals surface area contributed by atoms with Crippen LogP contribution in [0.4, 0.5) is 5.69 Å². The highest BCUT2D eigenvalue weighted by Gasteiger charge is 2.15. The largest absolute Gasteiger partial charge is 0.495 e. The summed E-state index contributed by atoms with van der Waals surface area (Å²) in [5, 5.41) is 3.98. The van der Waals surface area contributed by atoms with E-state index < -0.39 is 0 Å². The summed E-state index contributed by atoms with van der Waals surface area (Å²) in [6.07, 6.45) is 1.91. The number of anilines is 1. The van der Waals surface area contributed by atoms with Crippen LogP contribution in [0.5, 0.6) is 5.75 Å². The van der Waals surface area contributed by atoms with Crippen molar-refractivity contribution in [2.75, 3.05) is 25.1 Å². The number of rotatable bonds is 4. The van der Waals surface area contributed by atoms with E-state index in [2.05, 4.69) is 40.8 Å². The average Bonchev–Trinajstić information content (AvgIpc) is 2.99. The number of fused-ring (bicyclic) bond motifs is 5. The molecule has 0 saturated heterocycles. The van der Waals surface area contributed by atoms with Crippen molar-refractivity contribution in [1.29, 1.82) is 0 Å². The lowest BCUT2D eigenvalue weighted by Crippen LogP contribution is -2.22. The summed E-state index contributed by atoms with van der Waals surface area (Å²) in [6, 6.07) is 10.1. The molecule has 0 fully saturated rings. The summed E-state index contributed by atoms with van der Waals surface area (Å²) in [7, 11) is 1.72. The lowest BCUT2D eigenvalue weighted by molar-refractivity contribution is 0.415. The number of pyridine rings is 1. The molecule has 1 N–H and O–H groups in total. The highest BCUT2D eigenvalue weighted by Crippen LogP contribution is 2.38. The molecule has 0 unspecified atom stereocenters. The van der Waals surface area contributed by atoms with Crippen molar-refractivity contribution in [3.63, 3.8) is 0 Å². The van der Waals surface area contributed by atoms with Crippen LogP contribution in [0.3, 0.4) is 0 Å². The number of hydrogen-bond donors (Lipinski definition) is 1. The van der Waals surface area contributed by atoms with E-state index in [9.17, 15) is 0 Å². The fourth-order valence-corrected chi connectivity index (χ4v) is 3.68. The van der Waals surface area contributed by atoms with Gasteiger partial charge in [0.15, 0.2) is 0 Å². The van der Waals surface area contributed by atoms with Crippen LogP contribution in [0.1, 0.15) is 13.8 Å². The highest BCUT2D eigenvalue weighted by molar-refractivity contribution is 6.31. The Balaban J connectivity index is 2.05. The van der Waals surface area contributed by atoms with Gasteiger partial charge in [0.25, 0.3) is 0 Å². The van der Waals surface area contributed by atoms with E-state index in [1.165, 1.54) is 0 Å². The van der Waals surface area contributed by atoms with Gasteiger partial charge in [-0.2, -0.15) is 0 Å². The molecule has 4 aromatic rings. The van der Waals surface area contributed by atoms with Crippen LogP contribution < -0.4 is 9.64 Å². The van der Waals surface area contributed by atoms with Crippen molar-refractivity contribution >= 4 is 50.0 Å². The molecule has 25 heavy (non-hydrogen) atoms. The molecule has 0 bridgehead atoms. The van der Waals surface area contributed by atoms with Gasteiger partial charge < -0.3 is 14.6 Å². The summed E-state index contributed by atoms with van der Waals surface area (Å²) < 4.78 is 5.67. The van der Waals surface area contributed by atoms with Crippen molar-refractivity contribution in [3.05, 3.63) is 41.6 Å². The number of nitrogens with zero attached hydrogens (tertiary/aromatic N) is 2. The molecule has 5 heteroatoms. The summed E-state index contributed by atoms with van der Waals surface area (Å²) >= 11 is 6.10. The van der Waals surface area contributed by atoms with Gasteiger partial charge >= 0.3 is 0 Å². The minimum atomic E-state index is 0.695. The van der Waals surface area contributed by atoms with Crippen molar-refractivity contribution in [2.45, 2.75) is 13.8 Å². The van der Waals surface area contributed by atoms with E-state index in [1.54, 1.807) is 7.11 Å². The van der Waals surface area contributed by atoms with Gasteiger partial charge in [-0.1, -0.05) is 11.6 Å². The molecule has 128 valence electrons. The van der Waals surface area contributed by atoms with Crippen LogP contribution in [-0.4, -0.2) is 30.2 Å². The molecule has 2 aromatic carbocycles. The molecule has 4 rings (SSSR count). The van der Waals surface area contributed by atoms with Gasteiger partial charge in [-0.3, -0.25) is 4.98 Å². The second-order valence-corrected chi connectivity index (χ2v) is 6.51. The first-order valence-electron chi connectivity index (χ1n) is 8.48. The summed E-state index contributed by atoms with van der Waals surface area (Å²) in [5.74, 6) is 0.883. The Morgan fingerprint density at radius 3 is 2.60 bits per heavy atom. The number of methoxy groups -OCH3 is 1. The maximum Gasteiger partial charge on any atom is 0.142 e. The van der Waals surface area contributed by atoms with Crippen molar-refractivity contribution in [1.82, 2.24) is 9.97 Å². The first-order valence-corrected chi connectivity index (χ1v) is 8.86.